The van der Waals surface area contributed by atoms with Gasteiger partial charge in [-0.05, 0) is 42.5 Å². The number of nitrogens with one attached hydrogen (secondary N) is 1. The third-order valence-electron chi connectivity index (χ3n) is 5.85. The maximum Gasteiger partial charge on any atom is 0.220 e. The summed E-state index contributed by atoms with van der Waals surface area (Å²) in [4.78, 5) is 22.6. The van der Waals surface area contributed by atoms with Gasteiger partial charge in [-0.3, -0.25) is 9.79 Å². The number of carbonyl (C=O) groups excluding carboxylic acids is 1. The number of aliphatic imine (C=N–C) groups is 1. The van der Waals surface area contributed by atoms with Crippen molar-refractivity contribution < 1.29 is 9.18 Å². The molecule has 1 unspecified atom stereocenters. The van der Waals surface area contributed by atoms with Crippen LogP contribution in [0.2, 0.25) is 0 Å². The molecule has 1 fully saturated rings. The van der Waals surface area contributed by atoms with E-state index in [1.807, 2.05) is 17.2 Å². The fraction of sp³-hybridized carbons (Fsp3) is 0.400. The first kappa shape index (κ1) is 14.9. The van der Waals surface area contributed by atoms with Gasteiger partial charge in [-0.25, -0.2) is 4.39 Å². The lowest BCUT2D eigenvalue weighted by atomic mass is 9.85. The minimum atomic E-state index is -0.268. The Morgan fingerprint density at radius 2 is 2.24 bits per heavy atom. The highest BCUT2D eigenvalue weighted by molar-refractivity contribution is 5.86. The van der Waals surface area contributed by atoms with Crippen molar-refractivity contribution in [3.05, 3.63) is 58.2 Å². The number of hydrogen-bond acceptors (Lipinski definition) is 2. The second kappa shape index (κ2) is 5.04. The third-order valence-corrected chi connectivity index (χ3v) is 5.85. The van der Waals surface area contributed by atoms with Crippen LogP contribution in [0.1, 0.15) is 53.9 Å². The van der Waals surface area contributed by atoms with Gasteiger partial charge in [0.1, 0.15) is 5.82 Å². The summed E-state index contributed by atoms with van der Waals surface area (Å²) in [6, 6.07) is 6.40. The van der Waals surface area contributed by atoms with Crippen molar-refractivity contribution in [3.8, 4) is 0 Å². The molecule has 1 spiro atoms. The fourth-order valence-corrected chi connectivity index (χ4v) is 4.63. The number of hydrogen-bond donors (Lipinski definition) is 1. The molecule has 2 aliphatic heterocycles. The molecular formula is C20H20FN3O. The molecule has 1 atom stereocenters. The van der Waals surface area contributed by atoms with Crippen molar-refractivity contribution >= 4 is 12.1 Å². The molecule has 25 heavy (non-hydrogen) atoms. The molecule has 1 aromatic heterocycles. The predicted octanol–water partition coefficient (Wildman–Crippen LogP) is 3.16. The maximum absolute atomic E-state index is 13.9. The molecule has 1 saturated carbocycles. The summed E-state index contributed by atoms with van der Waals surface area (Å²) in [6.07, 6.45) is 5.74. The van der Waals surface area contributed by atoms with Crippen LogP contribution in [-0.4, -0.2) is 34.1 Å². The van der Waals surface area contributed by atoms with Crippen molar-refractivity contribution in [2.24, 2.45) is 4.99 Å². The van der Waals surface area contributed by atoms with E-state index in [0.717, 1.165) is 43.5 Å². The largest absolute Gasteiger partial charge is 0.359 e. The van der Waals surface area contributed by atoms with Crippen LogP contribution in [0.25, 0.3) is 0 Å². The lowest BCUT2D eigenvalue weighted by Crippen LogP contribution is -2.48. The first-order valence-corrected chi connectivity index (χ1v) is 8.88. The van der Waals surface area contributed by atoms with E-state index in [1.54, 1.807) is 19.1 Å². The number of amides is 1. The molecule has 0 radical (unpaired) electrons. The second-order valence-electron chi connectivity index (χ2n) is 7.44. The molecular weight excluding hydrogens is 317 g/mol. The molecule has 4 nitrogen and oxygen atoms in total. The number of fused-ring (bicyclic) bond motifs is 3. The monoisotopic (exact) mass is 337 g/mol. The van der Waals surface area contributed by atoms with Gasteiger partial charge < -0.3 is 9.88 Å². The Hall–Kier alpha value is -2.43. The molecule has 0 saturated heterocycles. The van der Waals surface area contributed by atoms with Gasteiger partial charge in [0.05, 0.1) is 6.04 Å². The number of aromatic nitrogens is 1. The van der Waals surface area contributed by atoms with Gasteiger partial charge in [0, 0.05) is 48.6 Å². The predicted molar refractivity (Wildman–Crippen MR) is 93.4 cm³/mol. The summed E-state index contributed by atoms with van der Waals surface area (Å²) in [6.45, 7) is 2.42. The van der Waals surface area contributed by atoms with Gasteiger partial charge in [0.2, 0.25) is 5.91 Å². The quantitative estimate of drug-likeness (QED) is 0.854. The van der Waals surface area contributed by atoms with Gasteiger partial charge in [-0.2, -0.15) is 0 Å². The van der Waals surface area contributed by atoms with Crippen LogP contribution in [0.3, 0.4) is 0 Å². The number of H-pyrrole nitrogens is 1. The molecule has 1 aromatic carbocycles. The summed E-state index contributed by atoms with van der Waals surface area (Å²) in [7, 11) is 0. The van der Waals surface area contributed by atoms with Crippen LogP contribution in [0.4, 0.5) is 4.39 Å². The fourth-order valence-electron chi connectivity index (χ4n) is 4.63. The Labute approximate surface area is 145 Å². The summed E-state index contributed by atoms with van der Waals surface area (Å²) in [5.74, 6) is -0.213. The third kappa shape index (κ3) is 2.11. The lowest BCUT2D eigenvalue weighted by Gasteiger charge is -2.42. The topological polar surface area (TPSA) is 48.5 Å². The Bertz CT molecular complexity index is 910. The molecule has 128 valence electrons. The Balaban J connectivity index is 1.75. The number of carbonyl (C=O) groups is 1. The van der Waals surface area contributed by atoms with Gasteiger partial charge in [-0.15, -0.1) is 0 Å². The van der Waals surface area contributed by atoms with Crippen LogP contribution in [0, 0.1) is 5.82 Å². The number of halogens is 1. The smallest absolute Gasteiger partial charge is 0.220 e. The van der Waals surface area contributed by atoms with Crippen molar-refractivity contribution in [1.82, 2.24) is 9.88 Å². The van der Waals surface area contributed by atoms with Crippen molar-refractivity contribution in [3.63, 3.8) is 0 Å². The van der Waals surface area contributed by atoms with Crippen molar-refractivity contribution in [1.29, 1.82) is 0 Å². The van der Waals surface area contributed by atoms with E-state index in [1.165, 1.54) is 22.9 Å². The second-order valence-corrected chi connectivity index (χ2v) is 7.44. The molecule has 3 aliphatic rings. The molecule has 0 bridgehead atoms. The SMILES string of the molecule is CC(=O)N1C(c2cccc(F)c2)c2[nH]c3c(c2CC12CC2)C=NCC3. The van der Waals surface area contributed by atoms with E-state index >= 15 is 0 Å². The van der Waals surface area contributed by atoms with E-state index in [9.17, 15) is 9.18 Å². The minimum Gasteiger partial charge on any atom is -0.359 e. The zero-order valence-corrected chi connectivity index (χ0v) is 14.2. The van der Waals surface area contributed by atoms with E-state index in [4.69, 9.17) is 0 Å². The Morgan fingerprint density at radius 3 is 2.96 bits per heavy atom. The average molecular weight is 337 g/mol. The molecule has 1 N–H and O–H groups in total. The average Bonchev–Trinajstić information content (AvgIpc) is 3.25. The normalized spacial score (nSPS) is 22.6. The summed E-state index contributed by atoms with van der Waals surface area (Å²) >= 11 is 0. The molecule has 3 heterocycles. The van der Waals surface area contributed by atoms with Crippen LogP contribution in [0.15, 0.2) is 29.3 Å². The molecule has 5 rings (SSSR count). The zero-order chi connectivity index (χ0) is 17.2. The van der Waals surface area contributed by atoms with E-state index in [-0.39, 0.29) is 23.3 Å². The van der Waals surface area contributed by atoms with E-state index in [0.29, 0.717) is 0 Å². The van der Waals surface area contributed by atoms with Gasteiger partial charge in [-0.1, -0.05) is 12.1 Å². The maximum atomic E-state index is 13.9. The standard InChI is InChI=1S/C20H20FN3O/c1-12(25)24-19(13-3-2-4-14(21)9-13)18-15(10-20(24)6-7-20)16-11-22-8-5-17(16)23-18/h2-4,9,11,19,23H,5-8,10H2,1H3. The lowest BCUT2D eigenvalue weighted by molar-refractivity contribution is -0.134. The Morgan fingerprint density at radius 1 is 1.40 bits per heavy atom. The summed E-state index contributed by atoms with van der Waals surface area (Å²) in [5.41, 5.74) is 5.41. The number of benzene rings is 1. The van der Waals surface area contributed by atoms with Crippen LogP contribution in [-0.2, 0) is 17.6 Å². The molecule has 5 heteroatoms. The molecule has 1 aliphatic carbocycles. The molecule has 1 amide bonds. The number of rotatable bonds is 1. The van der Waals surface area contributed by atoms with E-state index < -0.39 is 0 Å². The minimum absolute atomic E-state index is 0.0543. The summed E-state index contributed by atoms with van der Waals surface area (Å²) < 4.78 is 13.9. The van der Waals surface area contributed by atoms with Crippen molar-refractivity contribution in [2.75, 3.05) is 6.54 Å². The Kier molecular flexibility index (Phi) is 3.00. The highest BCUT2D eigenvalue weighted by Crippen LogP contribution is 2.54. The summed E-state index contributed by atoms with van der Waals surface area (Å²) in [5, 5.41) is 0. The number of aromatic amines is 1. The molecule has 2 aromatic rings. The zero-order valence-electron chi connectivity index (χ0n) is 14.2. The first-order valence-electron chi connectivity index (χ1n) is 8.88. The highest BCUT2D eigenvalue weighted by Gasteiger charge is 2.56. The van der Waals surface area contributed by atoms with E-state index in [2.05, 4.69) is 9.98 Å². The van der Waals surface area contributed by atoms with Gasteiger partial charge in [0.15, 0.2) is 0 Å². The van der Waals surface area contributed by atoms with Crippen LogP contribution < -0.4 is 0 Å². The van der Waals surface area contributed by atoms with Crippen LogP contribution >= 0.6 is 0 Å². The van der Waals surface area contributed by atoms with Gasteiger partial charge in [0.25, 0.3) is 0 Å². The van der Waals surface area contributed by atoms with Crippen molar-refractivity contribution in [2.45, 2.75) is 44.2 Å². The van der Waals surface area contributed by atoms with Crippen LogP contribution in [0.5, 0.6) is 0 Å². The van der Waals surface area contributed by atoms with Gasteiger partial charge >= 0.3 is 0 Å². The highest BCUT2D eigenvalue weighted by atomic mass is 19.1. The first-order chi connectivity index (χ1) is 12.1. The number of nitrogens with zero attached hydrogens (tertiary/aromatic N) is 2.